The fraction of sp³-hybridized carbons (Fsp3) is 0. The van der Waals surface area contributed by atoms with Crippen LogP contribution in [-0.4, -0.2) is 16.0 Å². The number of anilines is 2. The number of pyridine rings is 2. The molecule has 7 heteroatoms. The summed E-state index contributed by atoms with van der Waals surface area (Å²) in [4.78, 5) is 18.8. The number of nitrogens with zero attached hydrogens (tertiary/aromatic N) is 2. The Hall–Kier alpha value is -2.57. The van der Waals surface area contributed by atoms with Crippen LogP contribution in [0.5, 0.6) is 0 Å². The van der Waals surface area contributed by atoms with Gasteiger partial charge >= 0.3 is 6.03 Å². The number of nitrogens with one attached hydrogen (secondary N) is 2. The second-order valence-corrected chi connectivity index (χ2v) is 3.30. The number of rotatable bonds is 2. The fourth-order valence-electron chi connectivity index (χ4n) is 1.16. The Kier molecular flexibility index (Phi) is 3.42. The average Bonchev–Trinajstić information content (AvgIpc) is 2.35. The Morgan fingerprint density at radius 1 is 0.889 bits per heavy atom. The van der Waals surface area contributed by atoms with Gasteiger partial charge in [-0.05, 0) is 24.3 Å². The van der Waals surface area contributed by atoms with Gasteiger partial charge < -0.3 is 0 Å². The van der Waals surface area contributed by atoms with Crippen molar-refractivity contribution in [3.05, 3.63) is 48.3 Å². The molecule has 2 amide bonds. The molecule has 0 bridgehead atoms. The maximum Gasteiger partial charge on any atom is 0.326 e. The van der Waals surface area contributed by atoms with Crippen LogP contribution < -0.4 is 10.6 Å². The Bertz CT molecular complexity index is 492. The lowest BCUT2D eigenvalue weighted by atomic mass is 10.4. The van der Waals surface area contributed by atoms with Crippen LogP contribution >= 0.6 is 0 Å². The maximum atomic E-state index is 12.6. The fourth-order valence-corrected chi connectivity index (χ4v) is 1.16. The highest BCUT2D eigenvalue weighted by molar-refractivity contribution is 5.98. The third-order valence-electron chi connectivity index (χ3n) is 1.94. The molecule has 2 aromatic heterocycles. The molecule has 0 unspecified atom stereocenters. The highest BCUT2D eigenvalue weighted by Crippen LogP contribution is 2.06. The van der Waals surface area contributed by atoms with Crippen LogP contribution in [0.2, 0.25) is 0 Å². The van der Waals surface area contributed by atoms with Crippen molar-refractivity contribution < 1.29 is 13.6 Å². The van der Waals surface area contributed by atoms with Gasteiger partial charge in [0.1, 0.15) is 23.3 Å². The van der Waals surface area contributed by atoms with Crippen molar-refractivity contribution in [2.24, 2.45) is 0 Å². The molecule has 0 aliphatic rings. The summed E-state index contributed by atoms with van der Waals surface area (Å²) in [5, 5.41) is 4.74. The first-order valence-electron chi connectivity index (χ1n) is 4.94. The normalized spacial score (nSPS) is 9.89. The molecule has 0 aliphatic carbocycles. The standard InChI is InChI=1S/C11H8F2N4O/c12-7-1-3-9(14-5-7)16-11(18)17-10-4-2-8(13)6-15-10/h1-6H,(H2,14,15,16,17,18). The summed E-state index contributed by atoms with van der Waals surface area (Å²) in [7, 11) is 0. The van der Waals surface area contributed by atoms with Crippen molar-refractivity contribution in [3.63, 3.8) is 0 Å². The Morgan fingerprint density at radius 3 is 1.67 bits per heavy atom. The topological polar surface area (TPSA) is 66.9 Å². The maximum absolute atomic E-state index is 12.6. The minimum Gasteiger partial charge on any atom is -0.292 e. The number of carbonyl (C=O) groups is 1. The molecular weight excluding hydrogens is 242 g/mol. The lowest BCUT2D eigenvalue weighted by molar-refractivity contribution is 0.262. The molecular formula is C11H8F2N4O. The van der Waals surface area contributed by atoms with E-state index in [1.807, 2.05) is 0 Å². The largest absolute Gasteiger partial charge is 0.326 e. The molecule has 2 N–H and O–H groups in total. The van der Waals surface area contributed by atoms with E-state index in [0.29, 0.717) is 0 Å². The van der Waals surface area contributed by atoms with Gasteiger partial charge in [0.2, 0.25) is 0 Å². The molecule has 0 aliphatic heterocycles. The Labute approximate surface area is 101 Å². The number of halogens is 2. The highest BCUT2D eigenvalue weighted by atomic mass is 19.1. The van der Waals surface area contributed by atoms with E-state index in [-0.39, 0.29) is 11.6 Å². The summed E-state index contributed by atoms with van der Waals surface area (Å²) < 4.78 is 25.1. The zero-order valence-corrected chi connectivity index (χ0v) is 9.02. The number of amides is 2. The third kappa shape index (κ3) is 3.21. The summed E-state index contributed by atoms with van der Waals surface area (Å²) in [6.07, 6.45) is 1.96. The molecule has 92 valence electrons. The van der Waals surface area contributed by atoms with Crippen molar-refractivity contribution in [1.29, 1.82) is 0 Å². The summed E-state index contributed by atoms with van der Waals surface area (Å²) in [5.41, 5.74) is 0. The van der Waals surface area contributed by atoms with Gasteiger partial charge in [0.25, 0.3) is 0 Å². The molecule has 0 aromatic carbocycles. The molecule has 2 heterocycles. The van der Waals surface area contributed by atoms with Gasteiger partial charge in [0.15, 0.2) is 0 Å². The summed E-state index contributed by atoms with van der Waals surface area (Å²) in [5.74, 6) is -0.616. The molecule has 5 nitrogen and oxygen atoms in total. The van der Waals surface area contributed by atoms with Crippen LogP contribution in [0.15, 0.2) is 36.7 Å². The number of carbonyl (C=O) groups excluding carboxylic acids is 1. The van der Waals surface area contributed by atoms with E-state index in [4.69, 9.17) is 0 Å². The Balaban J connectivity index is 1.96. The number of hydrogen-bond donors (Lipinski definition) is 2. The van der Waals surface area contributed by atoms with Crippen molar-refractivity contribution in [3.8, 4) is 0 Å². The van der Waals surface area contributed by atoms with Crippen molar-refractivity contribution in [1.82, 2.24) is 9.97 Å². The van der Waals surface area contributed by atoms with Gasteiger partial charge in [-0.15, -0.1) is 0 Å². The molecule has 0 spiro atoms. The monoisotopic (exact) mass is 250 g/mol. The van der Waals surface area contributed by atoms with Crippen LogP contribution in [0, 0.1) is 11.6 Å². The number of hydrogen-bond acceptors (Lipinski definition) is 3. The predicted molar refractivity (Wildman–Crippen MR) is 61.0 cm³/mol. The van der Waals surface area contributed by atoms with Gasteiger partial charge in [-0.3, -0.25) is 10.6 Å². The molecule has 0 saturated carbocycles. The third-order valence-corrected chi connectivity index (χ3v) is 1.94. The van der Waals surface area contributed by atoms with Gasteiger partial charge in [-0.2, -0.15) is 0 Å². The molecule has 0 atom stereocenters. The van der Waals surface area contributed by atoms with Gasteiger partial charge in [-0.1, -0.05) is 0 Å². The lowest BCUT2D eigenvalue weighted by Crippen LogP contribution is -2.20. The zero-order valence-electron chi connectivity index (χ0n) is 9.02. The summed E-state index contributed by atoms with van der Waals surface area (Å²) in [6.45, 7) is 0. The highest BCUT2D eigenvalue weighted by Gasteiger charge is 2.04. The van der Waals surface area contributed by atoms with E-state index in [1.54, 1.807) is 0 Å². The van der Waals surface area contributed by atoms with E-state index in [1.165, 1.54) is 24.3 Å². The Morgan fingerprint density at radius 2 is 1.33 bits per heavy atom. The summed E-state index contributed by atoms with van der Waals surface area (Å²) in [6, 6.07) is 4.35. The van der Waals surface area contributed by atoms with Gasteiger partial charge in [-0.25, -0.2) is 23.5 Å². The van der Waals surface area contributed by atoms with Gasteiger partial charge in [0, 0.05) is 0 Å². The molecule has 0 fully saturated rings. The average molecular weight is 250 g/mol. The predicted octanol–water partition coefficient (Wildman–Crippen LogP) is 2.40. The zero-order chi connectivity index (χ0) is 13.0. The van der Waals surface area contributed by atoms with E-state index >= 15 is 0 Å². The quantitative estimate of drug-likeness (QED) is 0.860. The first-order valence-corrected chi connectivity index (χ1v) is 4.94. The van der Waals surface area contributed by atoms with Crippen LogP contribution in [0.4, 0.5) is 25.2 Å². The second kappa shape index (κ2) is 5.17. The van der Waals surface area contributed by atoms with E-state index < -0.39 is 17.7 Å². The molecule has 2 rings (SSSR count). The van der Waals surface area contributed by atoms with Crippen LogP contribution in [0.3, 0.4) is 0 Å². The van der Waals surface area contributed by atoms with E-state index in [2.05, 4.69) is 20.6 Å². The second-order valence-electron chi connectivity index (χ2n) is 3.30. The first kappa shape index (κ1) is 11.9. The van der Waals surface area contributed by atoms with Gasteiger partial charge in [0.05, 0.1) is 12.4 Å². The van der Waals surface area contributed by atoms with Crippen LogP contribution in [0.25, 0.3) is 0 Å². The number of aromatic nitrogens is 2. The lowest BCUT2D eigenvalue weighted by Gasteiger charge is -2.05. The SMILES string of the molecule is O=C(Nc1ccc(F)cn1)Nc1ccc(F)cn1. The van der Waals surface area contributed by atoms with Crippen LogP contribution in [-0.2, 0) is 0 Å². The van der Waals surface area contributed by atoms with Crippen molar-refractivity contribution in [2.75, 3.05) is 10.6 Å². The first-order chi connectivity index (χ1) is 8.63. The van der Waals surface area contributed by atoms with Crippen LogP contribution in [0.1, 0.15) is 0 Å². The summed E-state index contributed by atoms with van der Waals surface area (Å²) >= 11 is 0. The molecule has 0 radical (unpaired) electrons. The molecule has 2 aromatic rings. The van der Waals surface area contributed by atoms with Crippen molar-refractivity contribution in [2.45, 2.75) is 0 Å². The van der Waals surface area contributed by atoms with Crippen molar-refractivity contribution >= 4 is 17.7 Å². The smallest absolute Gasteiger partial charge is 0.292 e. The number of urea groups is 1. The minimum atomic E-state index is -0.604. The molecule has 18 heavy (non-hydrogen) atoms. The van der Waals surface area contributed by atoms with E-state index in [9.17, 15) is 13.6 Å². The molecule has 0 saturated heterocycles. The minimum absolute atomic E-state index is 0.191. The van der Waals surface area contributed by atoms with E-state index in [0.717, 1.165) is 12.4 Å².